The fourth-order valence-corrected chi connectivity index (χ4v) is 3.71. The Morgan fingerprint density at radius 1 is 1.18 bits per heavy atom. The highest BCUT2D eigenvalue weighted by Crippen LogP contribution is 2.31. The molecule has 6 nitrogen and oxygen atoms in total. The number of guanidine groups is 1. The predicted molar refractivity (Wildman–Crippen MR) is 123 cm³/mol. The number of pyridine rings is 1. The number of hydrogen-bond acceptors (Lipinski definition) is 4. The Morgan fingerprint density at radius 3 is 2.79 bits per heavy atom. The molecule has 1 fully saturated rings. The summed E-state index contributed by atoms with van der Waals surface area (Å²) in [5.74, 6) is 2.44. The number of benzene rings is 1. The molecule has 3 heterocycles. The molecule has 28 heavy (non-hydrogen) atoms. The van der Waals surface area contributed by atoms with E-state index in [9.17, 15) is 0 Å². The Balaban J connectivity index is 0.00000225. The van der Waals surface area contributed by atoms with Gasteiger partial charge in [0.25, 0.3) is 0 Å². The first kappa shape index (κ1) is 20.7. The lowest BCUT2D eigenvalue weighted by atomic mass is 10.0. The summed E-state index contributed by atoms with van der Waals surface area (Å²) >= 11 is 0. The summed E-state index contributed by atoms with van der Waals surface area (Å²) in [5, 5.41) is 3.33. The quantitative estimate of drug-likeness (QED) is 0.387. The van der Waals surface area contributed by atoms with Gasteiger partial charge in [-0.15, -0.1) is 24.0 Å². The van der Waals surface area contributed by atoms with E-state index in [0.29, 0.717) is 19.1 Å². The molecular formula is C21H28IN5O. The van der Waals surface area contributed by atoms with Crippen molar-refractivity contribution in [3.8, 4) is 5.75 Å². The first-order chi connectivity index (χ1) is 13.3. The molecule has 0 spiro atoms. The Labute approximate surface area is 183 Å². The van der Waals surface area contributed by atoms with Crippen molar-refractivity contribution in [1.29, 1.82) is 0 Å². The van der Waals surface area contributed by atoms with Crippen LogP contribution in [0.4, 0.5) is 5.82 Å². The van der Waals surface area contributed by atoms with E-state index in [0.717, 1.165) is 42.2 Å². The van der Waals surface area contributed by atoms with Crippen molar-refractivity contribution in [2.75, 3.05) is 24.6 Å². The van der Waals surface area contributed by atoms with Crippen molar-refractivity contribution in [3.63, 3.8) is 0 Å². The standard InChI is InChI=1S/C21H27N5O.HI/c22-21(25-18-10-13-27-19-7-3-2-6-17(18)19)24-15-16-8-9-20(23-14-16)26-11-4-1-5-12-26;/h2-3,6-9,14,18H,1,4-5,10-13,15H2,(H3,22,24,25);1H. The molecule has 7 heteroatoms. The number of nitrogens with zero attached hydrogens (tertiary/aromatic N) is 3. The molecule has 2 aromatic rings. The molecule has 1 aromatic carbocycles. The first-order valence-corrected chi connectivity index (χ1v) is 9.78. The van der Waals surface area contributed by atoms with Crippen LogP contribution in [0.15, 0.2) is 47.6 Å². The summed E-state index contributed by atoms with van der Waals surface area (Å²) in [5.41, 5.74) is 8.32. The van der Waals surface area contributed by atoms with E-state index in [4.69, 9.17) is 10.5 Å². The monoisotopic (exact) mass is 493 g/mol. The number of nitrogens with one attached hydrogen (secondary N) is 1. The minimum absolute atomic E-state index is 0. The molecule has 3 N–H and O–H groups in total. The number of halogens is 1. The van der Waals surface area contributed by atoms with Crippen LogP contribution in [0.1, 0.15) is 42.9 Å². The number of rotatable bonds is 4. The van der Waals surface area contributed by atoms with Gasteiger partial charge in [-0.1, -0.05) is 24.3 Å². The zero-order valence-electron chi connectivity index (χ0n) is 16.0. The van der Waals surface area contributed by atoms with Crippen molar-refractivity contribution < 1.29 is 4.74 Å². The van der Waals surface area contributed by atoms with E-state index < -0.39 is 0 Å². The Hall–Kier alpha value is -2.03. The lowest BCUT2D eigenvalue weighted by molar-refractivity contribution is 0.262. The molecule has 1 saturated heterocycles. The highest BCUT2D eigenvalue weighted by molar-refractivity contribution is 14.0. The van der Waals surface area contributed by atoms with Crippen LogP contribution in [0.25, 0.3) is 0 Å². The number of fused-ring (bicyclic) bond motifs is 1. The number of aromatic nitrogens is 1. The van der Waals surface area contributed by atoms with Crippen LogP contribution in [0.3, 0.4) is 0 Å². The summed E-state index contributed by atoms with van der Waals surface area (Å²) in [6.45, 7) is 3.42. The fraction of sp³-hybridized carbons (Fsp3) is 0.429. The van der Waals surface area contributed by atoms with Gasteiger partial charge in [-0.2, -0.15) is 0 Å². The lowest BCUT2D eigenvalue weighted by Crippen LogP contribution is -2.37. The van der Waals surface area contributed by atoms with Gasteiger partial charge < -0.3 is 20.7 Å². The number of anilines is 1. The SMILES string of the molecule is I.NC(=NCc1ccc(N2CCCCC2)nc1)NC1CCOc2ccccc21. The van der Waals surface area contributed by atoms with E-state index in [1.54, 1.807) is 0 Å². The van der Waals surface area contributed by atoms with Crippen molar-refractivity contribution in [3.05, 3.63) is 53.7 Å². The Bertz CT molecular complexity index is 790. The molecule has 4 rings (SSSR count). The Kier molecular flexibility index (Phi) is 7.36. The highest BCUT2D eigenvalue weighted by atomic mass is 127. The molecule has 150 valence electrons. The van der Waals surface area contributed by atoms with Crippen molar-refractivity contribution in [2.45, 2.75) is 38.3 Å². The Morgan fingerprint density at radius 2 is 2.00 bits per heavy atom. The zero-order valence-corrected chi connectivity index (χ0v) is 18.3. The third kappa shape index (κ3) is 5.06. The maximum atomic E-state index is 6.13. The van der Waals surface area contributed by atoms with Crippen molar-refractivity contribution >= 4 is 35.8 Å². The van der Waals surface area contributed by atoms with Gasteiger partial charge in [-0.25, -0.2) is 9.98 Å². The summed E-state index contributed by atoms with van der Waals surface area (Å²) in [6.07, 6.45) is 6.62. The van der Waals surface area contributed by atoms with Gasteiger partial charge in [0.15, 0.2) is 5.96 Å². The molecule has 0 bridgehead atoms. The number of aliphatic imine (C=N–C) groups is 1. The van der Waals surface area contributed by atoms with Crippen LogP contribution in [-0.2, 0) is 6.54 Å². The van der Waals surface area contributed by atoms with Crippen LogP contribution in [0, 0.1) is 0 Å². The molecule has 2 aliphatic rings. The van der Waals surface area contributed by atoms with E-state index in [1.807, 2.05) is 24.4 Å². The number of hydrogen-bond donors (Lipinski definition) is 2. The molecule has 1 atom stereocenters. The number of ether oxygens (including phenoxy) is 1. The molecule has 0 radical (unpaired) electrons. The lowest BCUT2D eigenvalue weighted by Gasteiger charge is -2.27. The maximum Gasteiger partial charge on any atom is 0.189 e. The largest absolute Gasteiger partial charge is 0.493 e. The van der Waals surface area contributed by atoms with Crippen molar-refractivity contribution in [2.24, 2.45) is 10.7 Å². The van der Waals surface area contributed by atoms with Gasteiger partial charge in [-0.05, 0) is 37.0 Å². The average molecular weight is 493 g/mol. The van der Waals surface area contributed by atoms with Gasteiger partial charge in [0.1, 0.15) is 11.6 Å². The fourth-order valence-electron chi connectivity index (χ4n) is 3.71. The van der Waals surface area contributed by atoms with Gasteiger partial charge in [0, 0.05) is 31.3 Å². The minimum Gasteiger partial charge on any atom is -0.493 e. The van der Waals surface area contributed by atoms with Crippen LogP contribution in [-0.4, -0.2) is 30.6 Å². The second-order valence-corrected chi connectivity index (χ2v) is 7.15. The van der Waals surface area contributed by atoms with E-state index in [-0.39, 0.29) is 30.0 Å². The smallest absolute Gasteiger partial charge is 0.189 e. The third-order valence-electron chi connectivity index (χ3n) is 5.20. The van der Waals surface area contributed by atoms with E-state index in [2.05, 4.69) is 38.4 Å². The third-order valence-corrected chi connectivity index (χ3v) is 5.20. The molecule has 0 amide bonds. The summed E-state index contributed by atoms with van der Waals surface area (Å²) in [7, 11) is 0. The van der Waals surface area contributed by atoms with Crippen LogP contribution >= 0.6 is 24.0 Å². The minimum atomic E-state index is 0. The molecular weight excluding hydrogens is 465 g/mol. The number of para-hydroxylation sites is 1. The average Bonchev–Trinajstić information content (AvgIpc) is 2.74. The van der Waals surface area contributed by atoms with Gasteiger partial charge in [0.2, 0.25) is 0 Å². The second-order valence-electron chi connectivity index (χ2n) is 7.15. The van der Waals surface area contributed by atoms with Gasteiger partial charge in [-0.3, -0.25) is 0 Å². The topological polar surface area (TPSA) is 75.8 Å². The second kappa shape index (κ2) is 9.95. The van der Waals surface area contributed by atoms with E-state index >= 15 is 0 Å². The molecule has 2 aliphatic heterocycles. The number of nitrogens with two attached hydrogens (primary N) is 1. The normalized spacial score (nSPS) is 19.2. The summed E-state index contributed by atoms with van der Waals surface area (Å²) in [4.78, 5) is 11.5. The summed E-state index contributed by atoms with van der Waals surface area (Å²) < 4.78 is 5.69. The summed E-state index contributed by atoms with van der Waals surface area (Å²) in [6, 6.07) is 12.4. The van der Waals surface area contributed by atoms with Gasteiger partial charge in [0.05, 0.1) is 19.2 Å². The van der Waals surface area contributed by atoms with Crippen molar-refractivity contribution in [1.82, 2.24) is 10.3 Å². The zero-order chi connectivity index (χ0) is 18.5. The molecule has 1 unspecified atom stereocenters. The predicted octanol–water partition coefficient (Wildman–Crippen LogP) is 3.62. The van der Waals surface area contributed by atoms with E-state index in [1.165, 1.54) is 19.3 Å². The first-order valence-electron chi connectivity index (χ1n) is 9.78. The van der Waals surface area contributed by atoms with Crippen LogP contribution in [0.2, 0.25) is 0 Å². The maximum absolute atomic E-state index is 6.13. The van der Waals surface area contributed by atoms with Crippen LogP contribution in [0.5, 0.6) is 5.75 Å². The molecule has 1 aromatic heterocycles. The molecule has 0 saturated carbocycles. The molecule has 0 aliphatic carbocycles. The highest BCUT2D eigenvalue weighted by Gasteiger charge is 2.21. The number of piperidine rings is 1. The van der Waals surface area contributed by atoms with Gasteiger partial charge >= 0.3 is 0 Å². The van der Waals surface area contributed by atoms with Crippen LogP contribution < -0.4 is 20.7 Å².